The first-order valence-electron chi connectivity index (χ1n) is 6.39. The van der Waals surface area contributed by atoms with Gasteiger partial charge in [0.2, 0.25) is 0 Å². The summed E-state index contributed by atoms with van der Waals surface area (Å²) in [5.41, 5.74) is 0. The number of carbonyl (C=O) groups excluding carboxylic acids is 1. The molecule has 0 heterocycles. The summed E-state index contributed by atoms with van der Waals surface area (Å²) in [5.74, 6) is 0.833. The van der Waals surface area contributed by atoms with Crippen molar-refractivity contribution in [2.75, 3.05) is 0 Å². The van der Waals surface area contributed by atoms with Gasteiger partial charge in [0, 0.05) is 23.1 Å². The van der Waals surface area contributed by atoms with E-state index in [1.54, 1.807) is 5.41 Å². The minimum Gasteiger partial charge on any atom is -0.300 e. The SMILES string of the molecule is O=C1CCC[C@H](C/C=C/S(=O)c2ccccc2)C1. The van der Waals surface area contributed by atoms with Crippen LogP contribution in [-0.4, -0.2) is 9.99 Å². The van der Waals surface area contributed by atoms with Crippen molar-refractivity contribution in [2.24, 2.45) is 5.92 Å². The van der Waals surface area contributed by atoms with Gasteiger partial charge in [-0.15, -0.1) is 0 Å². The van der Waals surface area contributed by atoms with Crippen LogP contribution in [-0.2, 0) is 15.6 Å². The molecule has 0 bridgehead atoms. The molecule has 0 amide bonds. The minimum atomic E-state index is -1.06. The zero-order chi connectivity index (χ0) is 12.8. The smallest absolute Gasteiger partial charge is 0.133 e. The molecule has 1 unspecified atom stereocenters. The first kappa shape index (κ1) is 13.2. The summed E-state index contributed by atoms with van der Waals surface area (Å²) in [6.45, 7) is 0. The Kier molecular flexibility index (Phi) is 4.88. The second kappa shape index (κ2) is 6.64. The monoisotopic (exact) mass is 262 g/mol. The lowest BCUT2D eigenvalue weighted by Gasteiger charge is -2.18. The van der Waals surface area contributed by atoms with E-state index in [0.29, 0.717) is 18.1 Å². The molecule has 0 saturated heterocycles. The van der Waals surface area contributed by atoms with Crippen LogP contribution in [0.1, 0.15) is 32.1 Å². The lowest BCUT2D eigenvalue weighted by molar-refractivity contribution is -0.121. The molecule has 3 heteroatoms. The highest BCUT2D eigenvalue weighted by Gasteiger charge is 2.17. The molecule has 1 aliphatic carbocycles. The molecule has 0 aromatic heterocycles. The molecule has 96 valence electrons. The molecular weight excluding hydrogens is 244 g/mol. The summed E-state index contributed by atoms with van der Waals surface area (Å²) in [4.78, 5) is 12.1. The number of carbonyl (C=O) groups is 1. The Balaban J connectivity index is 1.84. The molecule has 0 N–H and O–H groups in total. The van der Waals surface area contributed by atoms with Crippen LogP contribution >= 0.6 is 0 Å². The third-order valence-electron chi connectivity index (χ3n) is 3.25. The van der Waals surface area contributed by atoms with Gasteiger partial charge >= 0.3 is 0 Å². The number of hydrogen-bond donors (Lipinski definition) is 0. The first-order valence-corrected chi connectivity index (χ1v) is 7.61. The summed E-state index contributed by atoms with van der Waals surface area (Å²) in [5, 5.41) is 1.74. The highest BCUT2D eigenvalue weighted by Crippen LogP contribution is 2.24. The number of allylic oxidation sites excluding steroid dienone is 1. The van der Waals surface area contributed by atoms with E-state index in [0.717, 1.165) is 30.6 Å². The van der Waals surface area contributed by atoms with Crippen molar-refractivity contribution in [1.29, 1.82) is 0 Å². The van der Waals surface area contributed by atoms with Gasteiger partial charge < -0.3 is 0 Å². The molecule has 1 aliphatic rings. The molecular formula is C15H18O2S. The number of rotatable bonds is 4. The van der Waals surface area contributed by atoms with Crippen LogP contribution < -0.4 is 0 Å². The number of ketones is 1. The van der Waals surface area contributed by atoms with Crippen LogP contribution in [0, 0.1) is 5.92 Å². The quantitative estimate of drug-likeness (QED) is 0.832. The number of benzene rings is 1. The maximum atomic E-state index is 11.9. The van der Waals surface area contributed by atoms with E-state index in [1.165, 1.54) is 0 Å². The second-order valence-corrected chi connectivity index (χ2v) is 6.06. The van der Waals surface area contributed by atoms with Gasteiger partial charge in [-0.2, -0.15) is 0 Å². The third kappa shape index (κ3) is 3.91. The van der Waals surface area contributed by atoms with Gasteiger partial charge in [-0.1, -0.05) is 24.3 Å². The van der Waals surface area contributed by atoms with Crippen molar-refractivity contribution >= 4 is 16.6 Å². The maximum absolute atomic E-state index is 11.9. The fraction of sp³-hybridized carbons (Fsp3) is 0.400. The normalized spacial score (nSPS) is 22.2. The van der Waals surface area contributed by atoms with Crippen LogP contribution in [0.25, 0.3) is 0 Å². The molecule has 1 aromatic carbocycles. The van der Waals surface area contributed by atoms with E-state index >= 15 is 0 Å². The molecule has 1 saturated carbocycles. The Morgan fingerprint density at radius 2 is 2.06 bits per heavy atom. The molecule has 1 fully saturated rings. The van der Waals surface area contributed by atoms with E-state index in [2.05, 4.69) is 0 Å². The van der Waals surface area contributed by atoms with Crippen LogP contribution in [0.15, 0.2) is 46.7 Å². The highest BCUT2D eigenvalue weighted by molar-refractivity contribution is 7.88. The zero-order valence-electron chi connectivity index (χ0n) is 10.4. The van der Waals surface area contributed by atoms with E-state index in [4.69, 9.17) is 0 Å². The lowest BCUT2D eigenvalue weighted by atomic mass is 9.86. The van der Waals surface area contributed by atoms with E-state index in [1.807, 2.05) is 36.4 Å². The van der Waals surface area contributed by atoms with Crippen molar-refractivity contribution in [3.63, 3.8) is 0 Å². The summed E-state index contributed by atoms with van der Waals surface area (Å²) >= 11 is 0. The van der Waals surface area contributed by atoms with Crippen LogP contribution in [0.2, 0.25) is 0 Å². The predicted octanol–water partition coefficient (Wildman–Crippen LogP) is 3.46. The number of hydrogen-bond acceptors (Lipinski definition) is 2. The van der Waals surface area contributed by atoms with Crippen molar-refractivity contribution in [1.82, 2.24) is 0 Å². The molecule has 18 heavy (non-hydrogen) atoms. The van der Waals surface area contributed by atoms with Crippen LogP contribution in [0.4, 0.5) is 0 Å². The Bertz CT molecular complexity index is 451. The fourth-order valence-corrected chi connectivity index (χ4v) is 3.15. The van der Waals surface area contributed by atoms with Crippen molar-refractivity contribution < 1.29 is 9.00 Å². The molecule has 0 aliphatic heterocycles. The van der Waals surface area contributed by atoms with Crippen molar-refractivity contribution in [3.05, 3.63) is 41.8 Å². The molecule has 2 atom stereocenters. The molecule has 1 aromatic rings. The summed E-state index contributed by atoms with van der Waals surface area (Å²) < 4.78 is 11.9. The Morgan fingerprint density at radius 3 is 2.78 bits per heavy atom. The van der Waals surface area contributed by atoms with Gasteiger partial charge in [-0.25, -0.2) is 4.21 Å². The lowest BCUT2D eigenvalue weighted by Crippen LogP contribution is -2.14. The number of Topliss-reactive ketones (excluding diaryl/α,β-unsaturated/α-hetero) is 1. The summed E-state index contributed by atoms with van der Waals surface area (Å²) in [6, 6.07) is 9.43. The zero-order valence-corrected chi connectivity index (χ0v) is 11.2. The molecule has 2 nitrogen and oxygen atoms in total. The van der Waals surface area contributed by atoms with Gasteiger partial charge in [0.1, 0.15) is 5.78 Å². The highest BCUT2D eigenvalue weighted by atomic mass is 32.2. The Morgan fingerprint density at radius 1 is 1.28 bits per heavy atom. The largest absolute Gasteiger partial charge is 0.300 e. The Hall–Kier alpha value is -1.22. The second-order valence-electron chi connectivity index (χ2n) is 4.72. The van der Waals surface area contributed by atoms with Gasteiger partial charge in [0.25, 0.3) is 0 Å². The Labute approximate surface area is 111 Å². The molecule has 0 spiro atoms. The van der Waals surface area contributed by atoms with E-state index in [9.17, 15) is 9.00 Å². The molecule has 2 rings (SSSR count). The van der Waals surface area contributed by atoms with Crippen molar-refractivity contribution in [3.8, 4) is 0 Å². The van der Waals surface area contributed by atoms with E-state index in [-0.39, 0.29) is 0 Å². The summed E-state index contributed by atoms with van der Waals surface area (Å²) in [6.07, 6.45) is 6.41. The molecule has 0 radical (unpaired) electrons. The minimum absolute atomic E-state index is 0.379. The predicted molar refractivity (Wildman–Crippen MR) is 73.6 cm³/mol. The fourth-order valence-electron chi connectivity index (χ4n) is 2.28. The van der Waals surface area contributed by atoms with E-state index < -0.39 is 10.8 Å². The third-order valence-corrected chi connectivity index (χ3v) is 4.43. The average Bonchev–Trinajstić information content (AvgIpc) is 2.40. The van der Waals surface area contributed by atoms with Gasteiger partial charge in [-0.05, 0) is 37.3 Å². The van der Waals surface area contributed by atoms with Gasteiger partial charge in [-0.3, -0.25) is 4.79 Å². The van der Waals surface area contributed by atoms with Gasteiger partial charge in [0.05, 0.1) is 10.8 Å². The van der Waals surface area contributed by atoms with Crippen LogP contribution in [0.3, 0.4) is 0 Å². The topological polar surface area (TPSA) is 34.1 Å². The summed E-state index contributed by atoms with van der Waals surface area (Å²) in [7, 11) is -1.06. The van der Waals surface area contributed by atoms with Crippen LogP contribution in [0.5, 0.6) is 0 Å². The van der Waals surface area contributed by atoms with Gasteiger partial charge in [0.15, 0.2) is 0 Å². The average molecular weight is 262 g/mol. The van der Waals surface area contributed by atoms with Crippen molar-refractivity contribution in [2.45, 2.75) is 37.0 Å². The standard InChI is InChI=1S/C15H18O2S/c16-14-8-4-6-13(12-14)7-5-11-18(17)15-9-2-1-3-10-15/h1-3,5,9-11,13H,4,6-8,12H2/b11-5+/t13-,18?/m1/s1. The first-order chi connectivity index (χ1) is 8.75. The maximum Gasteiger partial charge on any atom is 0.133 e.